The van der Waals surface area contributed by atoms with Gasteiger partial charge in [-0.3, -0.25) is 4.79 Å². The van der Waals surface area contributed by atoms with Crippen LogP contribution in [-0.4, -0.2) is 22.8 Å². The van der Waals surface area contributed by atoms with Gasteiger partial charge in [0.15, 0.2) is 0 Å². The van der Waals surface area contributed by atoms with E-state index in [1.165, 1.54) is 23.5 Å². The van der Waals surface area contributed by atoms with Gasteiger partial charge >= 0.3 is 5.97 Å². The molecule has 5 heteroatoms. The summed E-state index contributed by atoms with van der Waals surface area (Å²) in [4.78, 5) is 11.9. The van der Waals surface area contributed by atoms with Crippen LogP contribution in [0.4, 0.5) is 0 Å². The summed E-state index contributed by atoms with van der Waals surface area (Å²) >= 11 is 1.39. The second kappa shape index (κ2) is 5.55. The predicted octanol–water partition coefficient (Wildman–Crippen LogP) is 2.70. The fourth-order valence-electron chi connectivity index (χ4n) is 1.52. The van der Waals surface area contributed by atoms with Crippen LogP contribution in [0.2, 0.25) is 0 Å². The van der Waals surface area contributed by atoms with E-state index in [9.17, 15) is 9.90 Å². The smallest absolute Gasteiger partial charge is 0.315 e. The molecule has 0 spiro atoms. The van der Waals surface area contributed by atoms with Crippen molar-refractivity contribution in [2.75, 3.05) is 6.61 Å². The number of ether oxygens (including phenoxy) is 1. The molecular weight excluding hydrogens is 252 g/mol. The van der Waals surface area contributed by atoms with Gasteiger partial charge in [0, 0.05) is 10.9 Å². The zero-order valence-corrected chi connectivity index (χ0v) is 10.3. The second-order valence-corrected chi connectivity index (χ2v) is 4.69. The number of phenolic OH excluding ortho intramolecular Hbond substituents is 1. The largest absolute Gasteiger partial charge is 0.508 e. The molecule has 2 N–H and O–H groups in total. The van der Waals surface area contributed by atoms with Gasteiger partial charge < -0.3 is 14.9 Å². The van der Waals surface area contributed by atoms with Crippen molar-refractivity contribution in [3.8, 4) is 11.5 Å². The molecule has 94 valence electrons. The first-order chi connectivity index (χ1) is 8.66. The second-order valence-electron chi connectivity index (χ2n) is 3.71. The quantitative estimate of drug-likeness (QED) is 0.871. The number of hydrogen-bond acceptors (Lipinski definition) is 4. The van der Waals surface area contributed by atoms with E-state index in [2.05, 4.69) is 0 Å². The maximum absolute atomic E-state index is 11.2. The van der Waals surface area contributed by atoms with E-state index < -0.39 is 11.9 Å². The Morgan fingerprint density at radius 1 is 1.33 bits per heavy atom. The van der Waals surface area contributed by atoms with Crippen LogP contribution < -0.4 is 4.74 Å². The summed E-state index contributed by atoms with van der Waals surface area (Å²) in [6, 6.07) is 9.88. The van der Waals surface area contributed by atoms with Crippen molar-refractivity contribution in [3.05, 3.63) is 46.7 Å². The molecule has 0 amide bonds. The van der Waals surface area contributed by atoms with Crippen LogP contribution in [0.25, 0.3) is 0 Å². The van der Waals surface area contributed by atoms with E-state index in [0.29, 0.717) is 5.75 Å². The van der Waals surface area contributed by atoms with Crippen molar-refractivity contribution in [3.63, 3.8) is 0 Å². The van der Waals surface area contributed by atoms with Crippen LogP contribution in [0.3, 0.4) is 0 Å². The SMILES string of the molecule is O=C(O)C(COc1cccc(O)c1)c1cccs1. The molecule has 1 heterocycles. The predicted molar refractivity (Wildman–Crippen MR) is 68.3 cm³/mol. The molecule has 0 bridgehead atoms. The van der Waals surface area contributed by atoms with Crippen molar-refractivity contribution >= 4 is 17.3 Å². The number of benzene rings is 1. The normalized spacial score (nSPS) is 12.0. The zero-order valence-electron chi connectivity index (χ0n) is 9.45. The van der Waals surface area contributed by atoms with Crippen molar-refractivity contribution in [2.24, 2.45) is 0 Å². The Kier molecular flexibility index (Phi) is 3.84. The molecule has 1 aromatic carbocycles. The van der Waals surface area contributed by atoms with Crippen LogP contribution in [0.1, 0.15) is 10.8 Å². The molecule has 0 saturated carbocycles. The molecule has 0 aliphatic heterocycles. The van der Waals surface area contributed by atoms with Gasteiger partial charge in [0.05, 0.1) is 0 Å². The minimum Gasteiger partial charge on any atom is -0.508 e. The maximum atomic E-state index is 11.2. The summed E-state index contributed by atoms with van der Waals surface area (Å²) in [5, 5.41) is 20.3. The van der Waals surface area contributed by atoms with Gasteiger partial charge in [-0.15, -0.1) is 11.3 Å². The highest BCUT2D eigenvalue weighted by Gasteiger charge is 2.21. The summed E-state index contributed by atoms with van der Waals surface area (Å²) in [6.07, 6.45) is 0. The highest BCUT2D eigenvalue weighted by atomic mass is 32.1. The topological polar surface area (TPSA) is 66.8 Å². The lowest BCUT2D eigenvalue weighted by Crippen LogP contribution is -2.18. The summed E-state index contributed by atoms with van der Waals surface area (Å²) in [5.41, 5.74) is 0. The number of aromatic hydroxyl groups is 1. The molecule has 1 atom stereocenters. The van der Waals surface area contributed by atoms with Crippen LogP contribution in [0.15, 0.2) is 41.8 Å². The highest BCUT2D eigenvalue weighted by molar-refractivity contribution is 7.10. The first-order valence-electron chi connectivity index (χ1n) is 5.35. The van der Waals surface area contributed by atoms with E-state index in [4.69, 9.17) is 9.84 Å². The van der Waals surface area contributed by atoms with Crippen LogP contribution in [0.5, 0.6) is 11.5 Å². The standard InChI is InChI=1S/C13H12O4S/c14-9-3-1-4-10(7-9)17-8-11(13(15)16)12-5-2-6-18-12/h1-7,11,14H,8H2,(H,15,16). The van der Waals surface area contributed by atoms with E-state index in [1.807, 2.05) is 11.4 Å². The maximum Gasteiger partial charge on any atom is 0.315 e. The lowest BCUT2D eigenvalue weighted by atomic mass is 10.1. The molecule has 0 radical (unpaired) electrons. The Bertz CT molecular complexity index is 522. The Morgan fingerprint density at radius 2 is 2.17 bits per heavy atom. The summed E-state index contributed by atoms with van der Waals surface area (Å²) in [7, 11) is 0. The molecule has 1 unspecified atom stereocenters. The number of rotatable bonds is 5. The molecule has 1 aromatic heterocycles. The minimum atomic E-state index is -0.919. The Labute approximate surface area is 108 Å². The lowest BCUT2D eigenvalue weighted by molar-refractivity contribution is -0.139. The van der Waals surface area contributed by atoms with Crippen LogP contribution in [-0.2, 0) is 4.79 Å². The van der Waals surface area contributed by atoms with Gasteiger partial charge in [-0.05, 0) is 23.6 Å². The van der Waals surface area contributed by atoms with Gasteiger partial charge in [0.2, 0.25) is 0 Å². The number of carboxylic acid groups (broad SMARTS) is 1. The van der Waals surface area contributed by atoms with Crippen molar-refractivity contribution in [2.45, 2.75) is 5.92 Å². The molecule has 2 rings (SSSR count). The lowest BCUT2D eigenvalue weighted by Gasteiger charge is -2.12. The number of carboxylic acids is 1. The third-order valence-electron chi connectivity index (χ3n) is 2.42. The minimum absolute atomic E-state index is 0.0410. The van der Waals surface area contributed by atoms with E-state index in [-0.39, 0.29) is 12.4 Å². The average Bonchev–Trinajstić information content (AvgIpc) is 2.82. The zero-order chi connectivity index (χ0) is 13.0. The Balaban J connectivity index is 2.05. The van der Waals surface area contributed by atoms with Gasteiger partial charge in [-0.25, -0.2) is 0 Å². The van der Waals surface area contributed by atoms with Gasteiger partial charge in [0.1, 0.15) is 24.0 Å². The van der Waals surface area contributed by atoms with Gasteiger partial charge in [-0.1, -0.05) is 12.1 Å². The van der Waals surface area contributed by atoms with Crippen molar-refractivity contribution < 1.29 is 19.7 Å². The number of phenols is 1. The molecule has 0 saturated heterocycles. The first kappa shape index (κ1) is 12.4. The Hall–Kier alpha value is -2.01. The highest BCUT2D eigenvalue weighted by Crippen LogP contribution is 2.24. The van der Waals surface area contributed by atoms with E-state index >= 15 is 0 Å². The number of aliphatic carboxylic acids is 1. The molecule has 4 nitrogen and oxygen atoms in total. The fraction of sp³-hybridized carbons (Fsp3) is 0.154. The summed E-state index contributed by atoms with van der Waals surface area (Å²) < 4.78 is 5.40. The molecule has 2 aromatic rings. The monoisotopic (exact) mass is 264 g/mol. The number of hydrogen-bond donors (Lipinski definition) is 2. The van der Waals surface area contributed by atoms with Crippen molar-refractivity contribution in [1.82, 2.24) is 0 Å². The Morgan fingerprint density at radius 3 is 2.78 bits per heavy atom. The van der Waals surface area contributed by atoms with Crippen LogP contribution in [0, 0.1) is 0 Å². The third kappa shape index (κ3) is 3.01. The fourth-order valence-corrected chi connectivity index (χ4v) is 2.32. The molecular formula is C13H12O4S. The molecule has 0 aliphatic carbocycles. The summed E-state index contributed by atoms with van der Waals surface area (Å²) in [6.45, 7) is 0.0410. The van der Waals surface area contributed by atoms with Crippen molar-refractivity contribution in [1.29, 1.82) is 0 Å². The van der Waals surface area contributed by atoms with Gasteiger partial charge in [0.25, 0.3) is 0 Å². The first-order valence-corrected chi connectivity index (χ1v) is 6.23. The molecule has 18 heavy (non-hydrogen) atoms. The molecule has 0 fully saturated rings. The average molecular weight is 264 g/mol. The van der Waals surface area contributed by atoms with Crippen LogP contribution >= 0.6 is 11.3 Å². The third-order valence-corrected chi connectivity index (χ3v) is 3.40. The summed E-state index contributed by atoms with van der Waals surface area (Å²) in [5.74, 6) is -1.06. The van der Waals surface area contributed by atoms with E-state index in [0.717, 1.165) is 4.88 Å². The molecule has 0 aliphatic rings. The van der Waals surface area contributed by atoms with E-state index in [1.54, 1.807) is 18.2 Å². The number of carbonyl (C=O) groups is 1. The van der Waals surface area contributed by atoms with Gasteiger partial charge in [-0.2, -0.15) is 0 Å². The number of thiophene rings is 1.